The molecule has 9 nitrogen and oxygen atoms in total. The maximum atomic E-state index is 12.6. The topological polar surface area (TPSA) is 102 Å². The molecule has 5 rings (SSSR count). The van der Waals surface area contributed by atoms with Crippen molar-refractivity contribution in [1.29, 1.82) is 0 Å². The number of amides is 1. The molecule has 0 spiro atoms. The lowest BCUT2D eigenvalue weighted by Gasteiger charge is -2.35. The molecule has 2 aliphatic rings. The molecule has 2 saturated carbocycles. The zero-order valence-corrected chi connectivity index (χ0v) is 14.5. The number of fused-ring (bicyclic) bond motifs is 1. The summed E-state index contributed by atoms with van der Waals surface area (Å²) in [4.78, 5) is 12.6. The predicted molar refractivity (Wildman–Crippen MR) is 91.6 cm³/mol. The minimum Gasteiger partial charge on any atom is -0.388 e. The molecule has 2 N–H and O–H groups in total. The average Bonchev–Trinajstić information content (AvgIpc) is 3.04. The highest BCUT2D eigenvalue weighted by molar-refractivity contribution is 6.00. The number of nitrogens with zero attached hydrogens (tertiary/aromatic N) is 6. The monoisotopic (exact) mass is 355 g/mol. The lowest BCUT2D eigenvalue weighted by molar-refractivity contribution is 0.0908. The SMILES string of the molecule is Cn1ccn2ncc(C(=O)NC3CC(c4nnc(CO)n4C4CC4)C3)c12. The third kappa shape index (κ3) is 2.34. The normalized spacial score (nSPS) is 22.5. The number of aliphatic hydroxyl groups excluding tert-OH is 1. The summed E-state index contributed by atoms with van der Waals surface area (Å²) in [5.74, 6) is 1.80. The Morgan fingerprint density at radius 3 is 2.85 bits per heavy atom. The first kappa shape index (κ1) is 15.6. The number of aryl methyl sites for hydroxylation is 1. The van der Waals surface area contributed by atoms with Crippen molar-refractivity contribution in [1.82, 2.24) is 34.3 Å². The molecule has 136 valence electrons. The van der Waals surface area contributed by atoms with Gasteiger partial charge in [-0.1, -0.05) is 0 Å². The molecular weight excluding hydrogens is 334 g/mol. The van der Waals surface area contributed by atoms with Gasteiger partial charge in [0.05, 0.1) is 6.20 Å². The summed E-state index contributed by atoms with van der Waals surface area (Å²) in [7, 11) is 1.90. The van der Waals surface area contributed by atoms with Gasteiger partial charge in [0.1, 0.15) is 23.6 Å². The fourth-order valence-electron chi connectivity index (χ4n) is 3.87. The summed E-state index contributed by atoms with van der Waals surface area (Å²) in [5, 5.41) is 25.2. The Morgan fingerprint density at radius 1 is 1.31 bits per heavy atom. The lowest BCUT2D eigenvalue weighted by Crippen LogP contribution is -2.44. The second kappa shape index (κ2) is 5.66. The third-order valence-electron chi connectivity index (χ3n) is 5.46. The van der Waals surface area contributed by atoms with Gasteiger partial charge in [0.2, 0.25) is 0 Å². The first-order valence-corrected chi connectivity index (χ1v) is 8.99. The molecule has 0 atom stereocenters. The van der Waals surface area contributed by atoms with Crippen LogP contribution in [-0.2, 0) is 13.7 Å². The molecule has 0 aliphatic heterocycles. The lowest BCUT2D eigenvalue weighted by atomic mass is 9.79. The summed E-state index contributed by atoms with van der Waals surface area (Å²) >= 11 is 0. The van der Waals surface area contributed by atoms with Gasteiger partial charge in [-0.3, -0.25) is 4.79 Å². The number of hydrogen-bond donors (Lipinski definition) is 2. The minimum absolute atomic E-state index is 0.0787. The molecule has 3 aromatic heterocycles. The van der Waals surface area contributed by atoms with Crippen molar-refractivity contribution < 1.29 is 9.90 Å². The van der Waals surface area contributed by atoms with Gasteiger partial charge >= 0.3 is 0 Å². The average molecular weight is 355 g/mol. The van der Waals surface area contributed by atoms with Crippen LogP contribution in [-0.4, -0.2) is 46.0 Å². The molecule has 0 bridgehead atoms. The van der Waals surface area contributed by atoms with Gasteiger partial charge in [0.15, 0.2) is 5.82 Å². The van der Waals surface area contributed by atoms with Gasteiger partial charge in [0.25, 0.3) is 5.91 Å². The molecule has 1 amide bonds. The van der Waals surface area contributed by atoms with E-state index in [-0.39, 0.29) is 24.5 Å². The molecule has 26 heavy (non-hydrogen) atoms. The summed E-state index contributed by atoms with van der Waals surface area (Å²) in [6, 6.07) is 0.568. The van der Waals surface area contributed by atoms with E-state index in [0.29, 0.717) is 17.4 Å². The maximum absolute atomic E-state index is 12.6. The molecule has 3 heterocycles. The second-order valence-corrected chi connectivity index (χ2v) is 7.31. The Kier molecular flexibility index (Phi) is 3.39. The predicted octanol–water partition coefficient (Wildman–Crippen LogP) is 0.767. The van der Waals surface area contributed by atoms with Crippen LogP contribution in [0.1, 0.15) is 59.6 Å². The van der Waals surface area contributed by atoms with E-state index in [2.05, 4.69) is 25.2 Å². The van der Waals surface area contributed by atoms with Gasteiger partial charge < -0.3 is 19.6 Å². The van der Waals surface area contributed by atoms with Crippen LogP contribution >= 0.6 is 0 Å². The van der Waals surface area contributed by atoms with Crippen LogP contribution in [0, 0.1) is 0 Å². The van der Waals surface area contributed by atoms with Crippen molar-refractivity contribution in [2.24, 2.45) is 7.05 Å². The van der Waals surface area contributed by atoms with Crippen LogP contribution in [0.3, 0.4) is 0 Å². The Labute approximate surface area is 149 Å². The van der Waals surface area contributed by atoms with Gasteiger partial charge in [-0.25, -0.2) is 4.52 Å². The minimum atomic E-state index is -0.0926. The molecule has 3 aromatic rings. The quantitative estimate of drug-likeness (QED) is 0.704. The van der Waals surface area contributed by atoms with Crippen LogP contribution < -0.4 is 5.32 Å². The zero-order chi connectivity index (χ0) is 17.8. The van der Waals surface area contributed by atoms with Crippen molar-refractivity contribution in [3.05, 3.63) is 35.8 Å². The van der Waals surface area contributed by atoms with E-state index in [9.17, 15) is 9.90 Å². The number of carbonyl (C=O) groups is 1. The van der Waals surface area contributed by atoms with Crippen molar-refractivity contribution >= 4 is 11.6 Å². The molecule has 9 heteroatoms. The molecule has 0 radical (unpaired) electrons. The Balaban J connectivity index is 1.27. The fourth-order valence-corrected chi connectivity index (χ4v) is 3.87. The van der Waals surface area contributed by atoms with E-state index < -0.39 is 0 Å². The van der Waals surface area contributed by atoms with E-state index in [1.165, 1.54) is 0 Å². The van der Waals surface area contributed by atoms with Crippen LogP contribution in [0.25, 0.3) is 5.65 Å². The van der Waals surface area contributed by atoms with Gasteiger partial charge in [-0.15, -0.1) is 10.2 Å². The number of carbonyl (C=O) groups excluding carboxylic acids is 1. The van der Waals surface area contributed by atoms with Crippen molar-refractivity contribution in [3.63, 3.8) is 0 Å². The van der Waals surface area contributed by atoms with E-state index in [1.54, 1.807) is 10.7 Å². The first-order valence-electron chi connectivity index (χ1n) is 8.99. The van der Waals surface area contributed by atoms with Crippen molar-refractivity contribution in [3.8, 4) is 0 Å². The third-order valence-corrected chi connectivity index (χ3v) is 5.46. The molecule has 0 aromatic carbocycles. The van der Waals surface area contributed by atoms with Crippen molar-refractivity contribution in [2.45, 2.75) is 50.3 Å². The highest BCUT2D eigenvalue weighted by atomic mass is 16.3. The number of aromatic nitrogens is 6. The Bertz CT molecular complexity index is 975. The number of nitrogens with one attached hydrogen (secondary N) is 1. The van der Waals surface area contributed by atoms with Crippen LogP contribution in [0.15, 0.2) is 18.6 Å². The summed E-state index contributed by atoms with van der Waals surface area (Å²) < 4.78 is 5.70. The number of hydrogen-bond acceptors (Lipinski definition) is 5. The molecule has 2 fully saturated rings. The zero-order valence-electron chi connectivity index (χ0n) is 14.5. The van der Waals surface area contributed by atoms with E-state index in [0.717, 1.165) is 37.2 Å². The molecule has 0 unspecified atom stereocenters. The van der Waals surface area contributed by atoms with Crippen LogP contribution in [0.4, 0.5) is 0 Å². The van der Waals surface area contributed by atoms with E-state index >= 15 is 0 Å². The summed E-state index contributed by atoms with van der Waals surface area (Å²) in [5.41, 5.74) is 1.38. The second-order valence-electron chi connectivity index (χ2n) is 7.31. The number of aliphatic hydroxyl groups is 1. The fraction of sp³-hybridized carbons (Fsp3) is 0.529. The Hall–Kier alpha value is -2.68. The van der Waals surface area contributed by atoms with E-state index in [4.69, 9.17) is 0 Å². The van der Waals surface area contributed by atoms with E-state index in [1.807, 2.05) is 24.0 Å². The standard InChI is InChI=1S/C17H21N7O2/c1-22-4-5-23-17(22)13(8-18-23)16(26)19-11-6-10(7-11)15-21-20-14(9-25)24(15)12-2-3-12/h4-5,8,10-12,25H,2-3,6-7,9H2,1H3,(H,19,26). The molecule has 2 aliphatic carbocycles. The first-order chi connectivity index (χ1) is 12.7. The van der Waals surface area contributed by atoms with Crippen LogP contribution in [0.5, 0.6) is 0 Å². The van der Waals surface area contributed by atoms with Crippen LogP contribution in [0.2, 0.25) is 0 Å². The molecular formula is C17H21N7O2. The number of imidazole rings is 1. The summed E-state index contributed by atoms with van der Waals surface area (Å²) in [6.07, 6.45) is 9.26. The van der Waals surface area contributed by atoms with Crippen molar-refractivity contribution in [2.75, 3.05) is 0 Å². The Morgan fingerprint density at radius 2 is 2.12 bits per heavy atom. The maximum Gasteiger partial charge on any atom is 0.256 e. The van der Waals surface area contributed by atoms with Gasteiger partial charge in [-0.2, -0.15) is 5.10 Å². The highest BCUT2D eigenvalue weighted by Gasteiger charge is 2.39. The largest absolute Gasteiger partial charge is 0.388 e. The van der Waals surface area contributed by atoms with Gasteiger partial charge in [0, 0.05) is 37.4 Å². The molecule has 0 saturated heterocycles. The smallest absolute Gasteiger partial charge is 0.256 e. The number of rotatable bonds is 5. The van der Waals surface area contributed by atoms with Gasteiger partial charge in [-0.05, 0) is 25.7 Å². The highest BCUT2D eigenvalue weighted by Crippen LogP contribution is 2.42. The summed E-state index contributed by atoms with van der Waals surface area (Å²) in [6.45, 7) is -0.0787.